The summed E-state index contributed by atoms with van der Waals surface area (Å²) in [5.41, 5.74) is 14.7. The fraction of sp³-hybridized carbons (Fsp3) is 0.333. The van der Waals surface area contributed by atoms with E-state index >= 15 is 0 Å². The first-order valence-electron chi connectivity index (χ1n) is 3.79. The van der Waals surface area contributed by atoms with Gasteiger partial charge in [-0.15, -0.1) is 0 Å². The van der Waals surface area contributed by atoms with Gasteiger partial charge in [0.15, 0.2) is 0 Å². The van der Waals surface area contributed by atoms with Gasteiger partial charge in [0.1, 0.15) is 0 Å². The van der Waals surface area contributed by atoms with Gasteiger partial charge in [-0.3, -0.25) is 0 Å². The molecule has 0 bridgehead atoms. The number of anilines is 2. The van der Waals surface area contributed by atoms with Gasteiger partial charge >= 0.3 is 0 Å². The molecular weight excluding hydrogens is 152 g/mol. The molecule has 0 heterocycles. The monoisotopic (exact) mass is 166 g/mol. The van der Waals surface area contributed by atoms with Crippen LogP contribution >= 0.6 is 0 Å². The van der Waals surface area contributed by atoms with E-state index in [2.05, 4.69) is 0 Å². The molecule has 12 heavy (non-hydrogen) atoms. The second-order valence-electron chi connectivity index (χ2n) is 2.80. The molecule has 0 spiro atoms. The molecule has 1 aromatic carbocycles. The van der Waals surface area contributed by atoms with Crippen LogP contribution in [0.15, 0.2) is 12.1 Å². The molecule has 0 unspecified atom stereocenters. The minimum Gasteiger partial charge on any atom is -0.397 e. The van der Waals surface area contributed by atoms with Crippen LogP contribution in [0.25, 0.3) is 0 Å². The predicted molar refractivity (Wildman–Crippen MR) is 50.7 cm³/mol. The largest absolute Gasteiger partial charge is 0.397 e. The van der Waals surface area contributed by atoms with Gasteiger partial charge in [-0.25, -0.2) is 0 Å². The van der Waals surface area contributed by atoms with Crippen molar-refractivity contribution in [2.75, 3.05) is 18.6 Å². The first-order chi connectivity index (χ1) is 5.66. The molecule has 66 valence electrons. The van der Waals surface area contributed by atoms with Crippen LogP contribution in [-0.2, 0) is 11.3 Å². The molecule has 0 aliphatic rings. The van der Waals surface area contributed by atoms with E-state index in [-0.39, 0.29) is 0 Å². The third kappa shape index (κ3) is 1.51. The van der Waals surface area contributed by atoms with Gasteiger partial charge in [-0.2, -0.15) is 0 Å². The number of ether oxygens (including phenoxy) is 1. The van der Waals surface area contributed by atoms with Crippen molar-refractivity contribution in [1.29, 1.82) is 0 Å². The van der Waals surface area contributed by atoms with Crippen LogP contribution in [0.4, 0.5) is 11.4 Å². The van der Waals surface area contributed by atoms with Gasteiger partial charge in [0.2, 0.25) is 0 Å². The average Bonchev–Trinajstić information content (AvgIpc) is 2.07. The van der Waals surface area contributed by atoms with Gasteiger partial charge in [-0.05, 0) is 12.5 Å². The zero-order valence-electron chi connectivity index (χ0n) is 7.42. The van der Waals surface area contributed by atoms with E-state index in [1.807, 2.05) is 19.1 Å². The molecule has 0 saturated heterocycles. The van der Waals surface area contributed by atoms with Gasteiger partial charge in [-0.1, -0.05) is 12.1 Å². The summed E-state index contributed by atoms with van der Waals surface area (Å²) in [5, 5.41) is 0. The quantitative estimate of drug-likeness (QED) is 0.651. The molecule has 0 radical (unpaired) electrons. The molecule has 1 aromatic rings. The van der Waals surface area contributed by atoms with Crippen molar-refractivity contribution in [1.82, 2.24) is 0 Å². The maximum absolute atomic E-state index is 5.76. The summed E-state index contributed by atoms with van der Waals surface area (Å²) in [6.07, 6.45) is 0. The fourth-order valence-corrected chi connectivity index (χ4v) is 1.07. The van der Waals surface area contributed by atoms with Crippen molar-refractivity contribution in [3.8, 4) is 0 Å². The first kappa shape index (κ1) is 8.87. The lowest BCUT2D eigenvalue weighted by Crippen LogP contribution is -2.02. The molecule has 1 rings (SSSR count). The maximum Gasteiger partial charge on any atom is 0.0733 e. The van der Waals surface area contributed by atoms with E-state index < -0.39 is 0 Å². The standard InChI is InChI=1S/C9H14N2O/c1-6-3-4-7(5-12-2)9(11)8(6)10/h3-4H,5,10-11H2,1-2H3. The van der Waals surface area contributed by atoms with E-state index in [9.17, 15) is 0 Å². The molecule has 0 aromatic heterocycles. The molecule has 0 saturated carbocycles. The Morgan fingerprint density at radius 2 is 1.92 bits per heavy atom. The number of benzene rings is 1. The number of nitrogen functional groups attached to an aromatic ring is 2. The number of nitrogens with two attached hydrogens (primary N) is 2. The fourth-order valence-electron chi connectivity index (χ4n) is 1.07. The number of aryl methyl sites for hydroxylation is 1. The Hall–Kier alpha value is -1.22. The van der Waals surface area contributed by atoms with Crippen molar-refractivity contribution in [3.63, 3.8) is 0 Å². The molecular formula is C9H14N2O. The van der Waals surface area contributed by atoms with Crippen molar-refractivity contribution in [2.45, 2.75) is 13.5 Å². The van der Waals surface area contributed by atoms with Crippen LogP contribution in [0.2, 0.25) is 0 Å². The minimum absolute atomic E-state index is 0.510. The van der Waals surface area contributed by atoms with E-state index in [0.717, 1.165) is 11.1 Å². The average molecular weight is 166 g/mol. The highest BCUT2D eigenvalue weighted by atomic mass is 16.5. The second kappa shape index (κ2) is 3.45. The minimum atomic E-state index is 0.510. The van der Waals surface area contributed by atoms with E-state index in [1.54, 1.807) is 7.11 Å². The molecule has 3 nitrogen and oxygen atoms in total. The van der Waals surface area contributed by atoms with Gasteiger partial charge in [0.05, 0.1) is 18.0 Å². The molecule has 0 atom stereocenters. The van der Waals surface area contributed by atoms with Crippen LogP contribution in [0.1, 0.15) is 11.1 Å². The molecule has 0 aliphatic carbocycles. The van der Waals surface area contributed by atoms with Crippen molar-refractivity contribution < 1.29 is 4.74 Å². The second-order valence-corrected chi connectivity index (χ2v) is 2.80. The highest BCUT2D eigenvalue weighted by Crippen LogP contribution is 2.23. The summed E-state index contributed by atoms with van der Waals surface area (Å²) >= 11 is 0. The van der Waals surface area contributed by atoms with Crippen LogP contribution < -0.4 is 11.5 Å². The topological polar surface area (TPSA) is 61.3 Å². The summed E-state index contributed by atoms with van der Waals surface area (Å²) in [7, 11) is 1.63. The number of hydrogen-bond donors (Lipinski definition) is 2. The lowest BCUT2D eigenvalue weighted by molar-refractivity contribution is 0.185. The van der Waals surface area contributed by atoms with E-state index in [1.165, 1.54) is 0 Å². The van der Waals surface area contributed by atoms with E-state index in [4.69, 9.17) is 16.2 Å². The first-order valence-corrected chi connectivity index (χ1v) is 3.79. The Kier molecular flexibility index (Phi) is 2.55. The van der Waals surface area contributed by atoms with Crippen LogP contribution in [-0.4, -0.2) is 7.11 Å². The van der Waals surface area contributed by atoms with Crippen molar-refractivity contribution >= 4 is 11.4 Å². The molecule has 0 amide bonds. The highest BCUT2D eigenvalue weighted by molar-refractivity contribution is 5.70. The molecule has 3 heteroatoms. The smallest absolute Gasteiger partial charge is 0.0733 e. The van der Waals surface area contributed by atoms with Crippen molar-refractivity contribution in [3.05, 3.63) is 23.3 Å². The SMILES string of the molecule is COCc1ccc(C)c(N)c1N. The Morgan fingerprint density at radius 1 is 1.25 bits per heavy atom. The molecule has 0 aliphatic heterocycles. The molecule has 0 fully saturated rings. The Balaban J connectivity index is 3.08. The normalized spacial score (nSPS) is 10.2. The lowest BCUT2D eigenvalue weighted by Gasteiger charge is -2.09. The summed E-state index contributed by atoms with van der Waals surface area (Å²) in [4.78, 5) is 0. The summed E-state index contributed by atoms with van der Waals surface area (Å²) in [5.74, 6) is 0. The van der Waals surface area contributed by atoms with E-state index in [0.29, 0.717) is 18.0 Å². The summed E-state index contributed by atoms with van der Waals surface area (Å²) in [6, 6.07) is 3.88. The van der Waals surface area contributed by atoms with Gasteiger partial charge in [0.25, 0.3) is 0 Å². The van der Waals surface area contributed by atoms with Crippen LogP contribution in [0, 0.1) is 6.92 Å². The third-order valence-electron chi connectivity index (χ3n) is 1.90. The Labute approximate surface area is 72.3 Å². The van der Waals surface area contributed by atoms with Gasteiger partial charge < -0.3 is 16.2 Å². The zero-order chi connectivity index (χ0) is 9.14. The summed E-state index contributed by atoms with van der Waals surface area (Å²) < 4.78 is 4.97. The number of hydrogen-bond acceptors (Lipinski definition) is 3. The Morgan fingerprint density at radius 3 is 2.50 bits per heavy atom. The van der Waals surface area contributed by atoms with Crippen molar-refractivity contribution in [2.24, 2.45) is 0 Å². The zero-order valence-corrected chi connectivity index (χ0v) is 7.42. The third-order valence-corrected chi connectivity index (χ3v) is 1.90. The highest BCUT2D eigenvalue weighted by Gasteiger charge is 2.03. The summed E-state index contributed by atoms with van der Waals surface area (Å²) in [6.45, 7) is 2.44. The Bertz CT molecular complexity index is 284. The predicted octanol–water partition coefficient (Wildman–Crippen LogP) is 1.31. The number of methoxy groups -OCH3 is 1. The van der Waals surface area contributed by atoms with Gasteiger partial charge in [0, 0.05) is 12.7 Å². The van der Waals surface area contributed by atoms with Crippen LogP contribution in [0.3, 0.4) is 0 Å². The van der Waals surface area contributed by atoms with Crippen LogP contribution in [0.5, 0.6) is 0 Å². The lowest BCUT2D eigenvalue weighted by atomic mass is 10.1. The molecule has 4 N–H and O–H groups in total. The maximum atomic E-state index is 5.76. The number of rotatable bonds is 2.